The zero-order valence-corrected chi connectivity index (χ0v) is 15.7. The lowest BCUT2D eigenvalue weighted by atomic mass is 10.1. The molecule has 2 aliphatic rings. The summed E-state index contributed by atoms with van der Waals surface area (Å²) in [4.78, 5) is 16.6. The second kappa shape index (κ2) is 7.21. The number of sulfonamides is 1. The van der Waals surface area contributed by atoms with Gasteiger partial charge in [-0.05, 0) is 37.5 Å². The van der Waals surface area contributed by atoms with Crippen molar-refractivity contribution in [3.8, 4) is 0 Å². The molecule has 2 amide bonds. The molecule has 0 aromatic heterocycles. The molecule has 2 saturated heterocycles. The van der Waals surface area contributed by atoms with E-state index in [1.165, 1.54) is 29.1 Å². The topological polar surface area (TPSA) is 73.0 Å². The van der Waals surface area contributed by atoms with Crippen LogP contribution in [0.1, 0.15) is 18.4 Å². The van der Waals surface area contributed by atoms with Crippen LogP contribution in [-0.2, 0) is 10.0 Å². The van der Waals surface area contributed by atoms with E-state index in [-0.39, 0.29) is 6.03 Å². The second-order valence-corrected chi connectivity index (χ2v) is 8.71. The van der Waals surface area contributed by atoms with E-state index in [2.05, 4.69) is 16.3 Å². The largest absolute Gasteiger partial charge is 0.371 e. The molecular weight excluding hydrogens is 340 g/mol. The van der Waals surface area contributed by atoms with E-state index in [4.69, 9.17) is 0 Å². The molecule has 0 atom stereocenters. The fourth-order valence-electron chi connectivity index (χ4n) is 3.48. The fraction of sp³-hybridized carbons (Fsp3) is 0.588. The highest BCUT2D eigenvalue weighted by Crippen LogP contribution is 2.29. The Morgan fingerprint density at radius 3 is 2.28 bits per heavy atom. The van der Waals surface area contributed by atoms with Crippen LogP contribution in [0.15, 0.2) is 18.2 Å². The number of rotatable bonds is 3. The standard InChI is InChI=1S/C17H26N4O3S/c1-14-15(6-5-7-16(14)19-8-3-4-9-19)18-17(22)20-10-12-21(13-11-20)25(2,23)24/h5-7H,3-4,8-13H2,1-2H3,(H,18,22). The summed E-state index contributed by atoms with van der Waals surface area (Å²) in [6, 6.07) is 5.81. The van der Waals surface area contributed by atoms with Gasteiger partial charge in [-0.25, -0.2) is 13.2 Å². The Balaban J connectivity index is 1.65. The Bertz CT molecular complexity index is 736. The maximum atomic E-state index is 12.5. The van der Waals surface area contributed by atoms with Crippen LogP contribution in [0, 0.1) is 6.92 Å². The average molecular weight is 366 g/mol. The summed E-state index contributed by atoms with van der Waals surface area (Å²) < 4.78 is 24.5. The number of piperazine rings is 1. The van der Waals surface area contributed by atoms with Gasteiger partial charge in [0.2, 0.25) is 10.0 Å². The molecule has 0 spiro atoms. The van der Waals surface area contributed by atoms with Gasteiger partial charge >= 0.3 is 6.03 Å². The van der Waals surface area contributed by atoms with Gasteiger partial charge in [0.1, 0.15) is 0 Å². The average Bonchev–Trinajstić information content (AvgIpc) is 3.10. The first kappa shape index (κ1) is 18.0. The molecular formula is C17H26N4O3S. The van der Waals surface area contributed by atoms with Gasteiger partial charge in [-0.2, -0.15) is 4.31 Å². The van der Waals surface area contributed by atoms with Crippen molar-refractivity contribution in [2.75, 3.05) is 55.7 Å². The van der Waals surface area contributed by atoms with Gasteiger partial charge < -0.3 is 15.1 Å². The van der Waals surface area contributed by atoms with Crippen LogP contribution in [0.5, 0.6) is 0 Å². The summed E-state index contributed by atoms with van der Waals surface area (Å²) in [5, 5.41) is 2.99. The molecule has 2 heterocycles. The highest BCUT2D eigenvalue weighted by atomic mass is 32.2. The Hall–Kier alpha value is -1.80. The molecule has 1 aromatic carbocycles. The lowest BCUT2D eigenvalue weighted by Gasteiger charge is -2.33. The molecule has 0 aliphatic carbocycles. The van der Waals surface area contributed by atoms with E-state index in [0.29, 0.717) is 26.2 Å². The number of carbonyl (C=O) groups excluding carboxylic acids is 1. The number of carbonyl (C=O) groups is 1. The van der Waals surface area contributed by atoms with E-state index in [1.807, 2.05) is 19.1 Å². The minimum absolute atomic E-state index is 0.171. The lowest BCUT2D eigenvalue weighted by molar-refractivity contribution is 0.184. The number of benzene rings is 1. The quantitative estimate of drug-likeness (QED) is 0.884. The Labute approximate surface area is 149 Å². The van der Waals surface area contributed by atoms with Crippen LogP contribution < -0.4 is 10.2 Å². The zero-order chi connectivity index (χ0) is 18.0. The van der Waals surface area contributed by atoms with E-state index in [1.54, 1.807) is 4.90 Å². The van der Waals surface area contributed by atoms with Crippen LogP contribution in [0.4, 0.5) is 16.2 Å². The predicted molar refractivity (Wildman–Crippen MR) is 99.6 cm³/mol. The molecule has 138 valence electrons. The molecule has 0 unspecified atom stereocenters. The molecule has 0 bridgehead atoms. The van der Waals surface area contributed by atoms with E-state index in [0.717, 1.165) is 24.3 Å². The summed E-state index contributed by atoms with van der Waals surface area (Å²) >= 11 is 0. The minimum atomic E-state index is -3.19. The highest BCUT2D eigenvalue weighted by molar-refractivity contribution is 7.88. The summed E-state index contributed by atoms with van der Waals surface area (Å²) in [7, 11) is -3.19. The lowest BCUT2D eigenvalue weighted by Crippen LogP contribution is -2.51. The van der Waals surface area contributed by atoms with Crippen molar-refractivity contribution in [3.05, 3.63) is 23.8 Å². The summed E-state index contributed by atoms with van der Waals surface area (Å²) in [5.41, 5.74) is 3.07. The first-order valence-electron chi connectivity index (χ1n) is 8.72. The Kier molecular flexibility index (Phi) is 5.19. The SMILES string of the molecule is Cc1c(NC(=O)N2CCN(S(C)(=O)=O)CC2)cccc1N1CCCC1. The van der Waals surface area contributed by atoms with Crippen molar-refractivity contribution >= 4 is 27.4 Å². The number of nitrogens with zero attached hydrogens (tertiary/aromatic N) is 3. The van der Waals surface area contributed by atoms with Gasteiger partial charge in [-0.3, -0.25) is 0 Å². The predicted octanol–water partition coefficient (Wildman–Crippen LogP) is 1.70. The molecule has 7 nitrogen and oxygen atoms in total. The molecule has 0 radical (unpaired) electrons. The third-order valence-electron chi connectivity index (χ3n) is 4.99. The normalized spacial score (nSPS) is 19.3. The van der Waals surface area contributed by atoms with Crippen LogP contribution >= 0.6 is 0 Å². The van der Waals surface area contributed by atoms with Crippen molar-refractivity contribution in [3.63, 3.8) is 0 Å². The molecule has 2 fully saturated rings. The first-order valence-corrected chi connectivity index (χ1v) is 10.6. The third kappa shape index (κ3) is 4.07. The van der Waals surface area contributed by atoms with Crippen molar-refractivity contribution in [2.45, 2.75) is 19.8 Å². The molecule has 8 heteroatoms. The van der Waals surface area contributed by atoms with Gasteiger partial charge in [0.15, 0.2) is 0 Å². The molecule has 3 rings (SSSR count). The van der Waals surface area contributed by atoms with Gasteiger partial charge in [0, 0.05) is 50.6 Å². The van der Waals surface area contributed by atoms with Gasteiger partial charge in [0.05, 0.1) is 6.26 Å². The third-order valence-corrected chi connectivity index (χ3v) is 6.29. The monoisotopic (exact) mass is 366 g/mol. The molecule has 25 heavy (non-hydrogen) atoms. The number of amides is 2. The maximum Gasteiger partial charge on any atom is 0.321 e. The number of hydrogen-bond acceptors (Lipinski definition) is 4. The maximum absolute atomic E-state index is 12.5. The summed E-state index contributed by atoms with van der Waals surface area (Å²) in [6.07, 6.45) is 3.62. The van der Waals surface area contributed by atoms with Crippen molar-refractivity contribution in [1.29, 1.82) is 0 Å². The van der Waals surface area contributed by atoms with Crippen LogP contribution in [0.2, 0.25) is 0 Å². The molecule has 2 aliphatic heterocycles. The van der Waals surface area contributed by atoms with Gasteiger partial charge in [0.25, 0.3) is 0 Å². The number of nitrogens with one attached hydrogen (secondary N) is 1. The van der Waals surface area contributed by atoms with Crippen LogP contribution in [0.25, 0.3) is 0 Å². The van der Waals surface area contributed by atoms with Gasteiger partial charge in [-0.15, -0.1) is 0 Å². The van der Waals surface area contributed by atoms with Crippen LogP contribution in [-0.4, -0.2) is 69.2 Å². The first-order chi connectivity index (χ1) is 11.9. The molecule has 0 saturated carbocycles. The van der Waals surface area contributed by atoms with E-state index in [9.17, 15) is 13.2 Å². The summed E-state index contributed by atoms with van der Waals surface area (Å²) in [5.74, 6) is 0. The van der Waals surface area contributed by atoms with Gasteiger partial charge in [-0.1, -0.05) is 6.07 Å². The smallest absolute Gasteiger partial charge is 0.321 e. The van der Waals surface area contributed by atoms with Crippen molar-refractivity contribution in [2.24, 2.45) is 0 Å². The van der Waals surface area contributed by atoms with E-state index >= 15 is 0 Å². The highest BCUT2D eigenvalue weighted by Gasteiger charge is 2.26. The Morgan fingerprint density at radius 2 is 1.68 bits per heavy atom. The molecule has 1 aromatic rings. The second-order valence-electron chi connectivity index (χ2n) is 6.72. The summed E-state index contributed by atoms with van der Waals surface area (Å²) in [6.45, 7) is 5.66. The number of hydrogen-bond donors (Lipinski definition) is 1. The minimum Gasteiger partial charge on any atom is -0.371 e. The number of urea groups is 1. The Morgan fingerprint density at radius 1 is 1.04 bits per heavy atom. The van der Waals surface area contributed by atoms with E-state index < -0.39 is 10.0 Å². The number of anilines is 2. The fourth-order valence-corrected chi connectivity index (χ4v) is 4.30. The molecule has 1 N–H and O–H groups in total. The van der Waals surface area contributed by atoms with Crippen molar-refractivity contribution in [1.82, 2.24) is 9.21 Å². The zero-order valence-electron chi connectivity index (χ0n) is 14.9. The van der Waals surface area contributed by atoms with Crippen molar-refractivity contribution < 1.29 is 13.2 Å². The van der Waals surface area contributed by atoms with Crippen LogP contribution in [0.3, 0.4) is 0 Å².